The lowest BCUT2D eigenvalue weighted by Gasteiger charge is -2.33. The molecule has 0 aliphatic heterocycles. The van der Waals surface area contributed by atoms with E-state index in [2.05, 4.69) is 51.1 Å². The maximum atomic E-state index is 8.91. The first-order valence-electron chi connectivity index (χ1n) is 5.99. The number of nitrogens with zero attached hydrogens (tertiary/aromatic N) is 1. The second-order valence-corrected chi connectivity index (χ2v) is 5.89. The van der Waals surface area contributed by atoms with Gasteiger partial charge >= 0.3 is 0 Å². The first-order valence-corrected chi connectivity index (χ1v) is 5.99. The third-order valence-electron chi connectivity index (χ3n) is 3.63. The summed E-state index contributed by atoms with van der Waals surface area (Å²) >= 11 is 0. The maximum Gasteiger partial charge on any atom is 0.0701 e. The lowest BCUT2D eigenvalue weighted by Crippen LogP contribution is -2.22. The molecule has 0 N–H and O–H groups in total. The molecule has 0 radical (unpaired) electrons. The van der Waals surface area contributed by atoms with Crippen LogP contribution in [-0.4, -0.2) is 0 Å². The Labute approximate surface area is 98.2 Å². The molecule has 0 aromatic rings. The Morgan fingerprint density at radius 2 is 1.75 bits per heavy atom. The summed E-state index contributed by atoms with van der Waals surface area (Å²) in [6, 6.07) is 2.32. The van der Waals surface area contributed by atoms with Gasteiger partial charge in [0.1, 0.15) is 0 Å². The molecule has 0 amide bonds. The highest BCUT2D eigenvalue weighted by Gasteiger charge is 2.27. The molecule has 2 aliphatic carbocycles. The summed E-state index contributed by atoms with van der Waals surface area (Å²) in [7, 11) is 0. The van der Waals surface area contributed by atoms with Gasteiger partial charge in [0, 0.05) is 0 Å². The fourth-order valence-electron chi connectivity index (χ4n) is 2.37. The molecule has 2 unspecified atom stereocenters. The highest BCUT2D eigenvalue weighted by atomic mass is 14.3. The largest absolute Gasteiger partial charge is 0.198 e. The van der Waals surface area contributed by atoms with Crippen molar-refractivity contribution >= 4 is 0 Å². The summed E-state index contributed by atoms with van der Waals surface area (Å²) in [5, 5.41) is 8.91. The molecule has 2 rings (SSSR count). The van der Waals surface area contributed by atoms with Crippen molar-refractivity contribution in [1.29, 1.82) is 5.26 Å². The van der Waals surface area contributed by atoms with Crippen LogP contribution in [-0.2, 0) is 0 Å². The van der Waals surface area contributed by atoms with Crippen molar-refractivity contribution in [3.63, 3.8) is 0 Å². The van der Waals surface area contributed by atoms with Crippen LogP contribution < -0.4 is 0 Å². The van der Waals surface area contributed by atoms with Gasteiger partial charge in [0.2, 0.25) is 0 Å². The molecule has 1 heteroatoms. The Morgan fingerprint density at radius 3 is 2.38 bits per heavy atom. The average Bonchev–Trinajstić information content (AvgIpc) is 2.26. The van der Waals surface area contributed by atoms with Gasteiger partial charge in [-0.1, -0.05) is 45.1 Å². The van der Waals surface area contributed by atoms with Crippen LogP contribution in [0.15, 0.2) is 35.5 Å². The van der Waals surface area contributed by atoms with E-state index < -0.39 is 0 Å². The standard InChI is InChI=1S/C15H19N/c1-15(2,3)14-7-6-12-8-11(10-16)4-5-13(12)9-14/h4-7,11,14H,8-9H2,1-3H3. The van der Waals surface area contributed by atoms with Crippen molar-refractivity contribution in [3.8, 4) is 6.07 Å². The zero-order valence-corrected chi connectivity index (χ0v) is 10.3. The summed E-state index contributed by atoms with van der Waals surface area (Å²) in [6.45, 7) is 6.87. The first-order chi connectivity index (χ1) is 7.50. The molecule has 2 aliphatic rings. The van der Waals surface area contributed by atoms with E-state index in [1.807, 2.05) is 0 Å². The van der Waals surface area contributed by atoms with Crippen molar-refractivity contribution in [1.82, 2.24) is 0 Å². The second-order valence-electron chi connectivity index (χ2n) is 5.89. The molecule has 0 aromatic carbocycles. The summed E-state index contributed by atoms with van der Waals surface area (Å²) in [5.41, 5.74) is 3.14. The lowest BCUT2D eigenvalue weighted by molar-refractivity contribution is 0.289. The molecule has 0 saturated heterocycles. The zero-order chi connectivity index (χ0) is 11.8. The van der Waals surface area contributed by atoms with Crippen molar-refractivity contribution in [3.05, 3.63) is 35.5 Å². The number of allylic oxidation sites excluding steroid dienone is 6. The van der Waals surface area contributed by atoms with Gasteiger partial charge in [-0.3, -0.25) is 0 Å². The van der Waals surface area contributed by atoms with E-state index in [1.165, 1.54) is 11.1 Å². The molecule has 84 valence electrons. The predicted molar refractivity (Wildman–Crippen MR) is 66.6 cm³/mol. The van der Waals surface area contributed by atoms with Crippen LogP contribution in [0, 0.1) is 28.6 Å². The maximum absolute atomic E-state index is 8.91. The van der Waals surface area contributed by atoms with Crippen LogP contribution in [0.5, 0.6) is 0 Å². The first kappa shape index (κ1) is 11.2. The van der Waals surface area contributed by atoms with Gasteiger partial charge in [-0.2, -0.15) is 5.26 Å². The molecule has 0 aromatic heterocycles. The van der Waals surface area contributed by atoms with Crippen LogP contribution in [0.2, 0.25) is 0 Å². The van der Waals surface area contributed by atoms with E-state index in [4.69, 9.17) is 5.26 Å². The van der Waals surface area contributed by atoms with Crippen molar-refractivity contribution in [2.24, 2.45) is 17.3 Å². The van der Waals surface area contributed by atoms with Crippen LogP contribution in [0.25, 0.3) is 0 Å². The third kappa shape index (κ3) is 2.11. The SMILES string of the molecule is CC(C)(C)C1C=CC2=C(C=CC(C#N)C2)C1. The van der Waals surface area contributed by atoms with Crippen LogP contribution in [0.3, 0.4) is 0 Å². The predicted octanol–water partition coefficient (Wildman–Crippen LogP) is 4.00. The van der Waals surface area contributed by atoms with Gasteiger partial charge in [-0.15, -0.1) is 0 Å². The topological polar surface area (TPSA) is 23.8 Å². The van der Waals surface area contributed by atoms with E-state index >= 15 is 0 Å². The summed E-state index contributed by atoms with van der Waals surface area (Å²) < 4.78 is 0. The van der Waals surface area contributed by atoms with Gasteiger partial charge in [-0.25, -0.2) is 0 Å². The minimum Gasteiger partial charge on any atom is -0.198 e. The minimum absolute atomic E-state index is 0.0783. The Bertz CT molecular complexity index is 410. The zero-order valence-electron chi connectivity index (χ0n) is 10.3. The minimum atomic E-state index is 0.0783. The number of nitriles is 1. The second kappa shape index (κ2) is 3.94. The molecule has 0 heterocycles. The Hall–Kier alpha value is -1.29. The molecule has 16 heavy (non-hydrogen) atoms. The average molecular weight is 213 g/mol. The molecule has 0 fully saturated rings. The fraction of sp³-hybridized carbons (Fsp3) is 0.533. The molecular weight excluding hydrogens is 194 g/mol. The number of rotatable bonds is 0. The van der Waals surface area contributed by atoms with Crippen LogP contribution >= 0.6 is 0 Å². The fourth-order valence-corrected chi connectivity index (χ4v) is 2.37. The normalized spacial score (nSPS) is 28.9. The van der Waals surface area contributed by atoms with E-state index in [1.54, 1.807) is 0 Å². The molecule has 0 saturated carbocycles. The van der Waals surface area contributed by atoms with E-state index in [0.29, 0.717) is 11.3 Å². The van der Waals surface area contributed by atoms with Crippen molar-refractivity contribution in [2.75, 3.05) is 0 Å². The third-order valence-corrected chi connectivity index (χ3v) is 3.63. The number of hydrogen-bond acceptors (Lipinski definition) is 1. The van der Waals surface area contributed by atoms with Crippen LogP contribution in [0.4, 0.5) is 0 Å². The summed E-state index contributed by atoms with van der Waals surface area (Å²) in [6.07, 6.45) is 10.8. The van der Waals surface area contributed by atoms with E-state index in [9.17, 15) is 0 Å². The molecule has 0 spiro atoms. The summed E-state index contributed by atoms with van der Waals surface area (Å²) in [5.74, 6) is 0.698. The van der Waals surface area contributed by atoms with Crippen LogP contribution in [0.1, 0.15) is 33.6 Å². The molecular formula is C15H19N. The number of hydrogen-bond donors (Lipinski definition) is 0. The van der Waals surface area contributed by atoms with E-state index in [0.717, 1.165) is 12.8 Å². The molecule has 2 atom stereocenters. The van der Waals surface area contributed by atoms with Gasteiger partial charge in [0.25, 0.3) is 0 Å². The highest BCUT2D eigenvalue weighted by molar-refractivity contribution is 5.42. The summed E-state index contributed by atoms with van der Waals surface area (Å²) in [4.78, 5) is 0. The van der Waals surface area contributed by atoms with Gasteiger partial charge in [-0.05, 0) is 35.3 Å². The molecule has 1 nitrogen and oxygen atoms in total. The monoisotopic (exact) mass is 213 g/mol. The highest BCUT2D eigenvalue weighted by Crippen LogP contribution is 2.39. The smallest absolute Gasteiger partial charge is 0.0701 e. The van der Waals surface area contributed by atoms with Gasteiger partial charge in [0.05, 0.1) is 12.0 Å². The lowest BCUT2D eigenvalue weighted by atomic mass is 9.72. The Kier molecular flexibility index (Phi) is 2.76. The van der Waals surface area contributed by atoms with E-state index in [-0.39, 0.29) is 5.92 Å². The van der Waals surface area contributed by atoms with Crippen molar-refractivity contribution in [2.45, 2.75) is 33.6 Å². The Morgan fingerprint density at radius 1 is 1.12 bits per heavy atom. The van der Waals surface area contributed by atoms with Gasteiger partial charge in [0.15, 0.2) is 0 Å². The molecule has 0 bridgehead atoms. The Balaban J connectivity index is 2.17. The van der Waals surface area contributed by atoms with Crippen molar-refractivity contribution < 1.29 is 0 Å². The quantitative estimate of drug-likeness (QED) is 0.596. The van der Waals surface area contributed by atoms with Gasteiger partial charge < -0.3 is 0 Å².